The summed E-state index contributed by atoms with van der Waals surface area (Å²) in [4.78, 5) is 35.2. The number of carbonyl (C=O) groups is 3. The average molecular weight is 443 g/mol. The normalized spacial score (nSPS) is 11.3. The van der Waals surface area contributed by atoms with Crippen molar-refractivity contribution in [2.75, 3.05) is 30.6 Å². The van der Waals surface area contributed by atoms with E-state index in [4.69, 9.17) is 4.74 Å². The van der Waals surface area contributed by atoms with E-state index in [1.54, 1.807) is 20.8 Å². The van der Waals surface area contributed by atoms with E-state index in [2.05, 4.69) is 20.7 Å². The van der Waals surface area contributed by atoms with E-state index in [9.17, 15) is 22.8 Å². The number of carbonyl (C=O) groups excluding carboxylic acids is 3. The van der Waals surface area contributed by atoms with Gasteiger partial charge in [0.25, 0.3) is 5.91 Å². The third-order valence-electron chi connectivity index (χ3n) is 3.43. The van der Waals surface area contributed by atoms with Crippen molar-refractivity contribution in [1.82, 2.24) is 16.0 Å². The van der Waals surface area contributed by atoms with Crippen LogP contribution in [-0.4, -0.2) is 57.8 Å². The van der Waals surface area contributed by atoms with Crippen LogP contribution in [0.25, 0.3) is 0 Å². The summed E-state index contributed by atoms with van der Waals surface area (Å²) in [6.45, 7) is 6.17. The lowest BCUT2D eigenvalue weighted by molar-refractivity contribution is -0.120. The number of amides is 3. The molecule has 0 radical (unpaired) electrons. The van der Waals surface area contributed by atoms with Crippen molar-refractivity contribution in [2.24, 2.45) is 0 Å². The molecule has 11 heteroatoms. The Bertz CT molecular complexity index is 832. The molecule has 0 bridgehead atoms. The summed E-state index contributed by atoms with van der Waals surface area (Å²) in [5.41, 5.74) is 0.176. The van der Waals surface area contributed by atoms with Gasteiger partial charge in [0.05, 0.1) is 6.26 Å². The van der Waals surface area contributed by atoms with E-state index < -0.39 is 21.7 Å². The van der Waals surface area contributed by atoms with Gasteiger partial charge in [-0.3, -0.25) is 14.3 Å². The van der Waals surface area contributed by atoms with Gasteiger partial charge in [-0.15, -0.1) is 0 Å². The summed E-state index contributed by atoms with van der Waals surface area (Å²) in [6.07, 6.45) is 1.13. The molecule has 0 aliphatic heterocycles. The SMILES string of the molecule is CC(C)(C)OC(=O)NCCC(=O)NCCCNC(=O)c1ccc(NS(C)(=O)=O)cc1. The van der Waals surface area contributed by atoms with E-state index in [1.807, 2.05) is 0 Å². The summed E-state index contributed by atoms with van der Waals surface area (Å²) in [5.74, 6) is -0.514. The van der Waals surface area contributed by atoms with Crippen molar-refractivity contribution in [3.8, 4) is 0 Å². The summed E-state index contributed by atoms with van der Waals surface area (Å²) in [6, 6.07) is 6.04. The molecule has 0 unspecified atom stereocenters. The average Bonchev–Trinajstić information content (AvgIpc) is 2.59. The largest absolute Gasteiger partial charge is 0.444 e. The predicted molar refractivity (Wildman–Crippen MR) is 114 cm³/mol. The molecule has 0 saturated carbocycles. The summed E-state index contributed by atoms with van der Waals surface area (Å²) in [5, 5.41) is 7.92. The van der Waals surface area contributed by atoms with E-state index in [0.29, 0.717) is 30.8 Å². The van der Waals surface area contributed by atoms with Gasteiger partial charge >= 0.3 is 6.09 Å². The van der Waals surface area contributed by atoms with E-state index >= 15 is 0 Å². The Hall–Kier alpha value is -2.82. The van der Waals surface area contributed by atoms with Crippen LogP contribution < -0.4 is 20.7 Å². The van der Waals surface area contributed by atoms with Gasteiger partial charge in [0.2, 0.25) is 15.9 Å². The molecular weight excluding hydrogens is 412 g/mol. The molecule has 1 aromatic rings. The number of ether oxygens (including phenoxy) is 1. The van der Waals surface area contributed by atoms with Crippen molar-refractivity contribution < 1.29 is 27.5 Å². The summed E-state index contributed by atoms with van der Waals surface area (Å²) >= 11 is 0. The van der Waals surface area contributed by atoms with E-state index in [-0.39, 0.29) is 24.8 Å². The number of alkyl carbamates (subject to hydrolysis) is 1. The lowest BCUT2D eigenvalue weighted by Gasteiger charge is -2.19. The van der Waals surface area contributed by atoms with E-state index in [0.717, 1.165) is 6.26 Å². The molecule has 1 rings (SSSR count). The van der Waals surface area contributed by atoms with Crippen LogP contribution in [0, 0.1) is 0 Å². The lowest BCUT2D eigenvalue weighted by Crippen LogP contribution is -2.35. The van der Waals surface area contributed by atoms with Gasteiger partial charge in [0, 0.05) is 37.3 Å². The molecule has 168 valence electrons. The third-order valence-corrected chi connectivity index (χ3v) is 4.04. The number of anilines is 1. The Balaban J connectivity index is 2.19. The Morgan fingerprint density at radius 3 is 2.10 bits per heavy atom. The Morgan fingerprint density at radius 1 is 0.933 bits per heavy atom. The zero-order chi connectivity index (χ0) is 22.8. The maximum atomic E-state index is 12.1. The number of nitrogens with one attached hydrogen (secondary N) is 4. The van der Waals surface area contributed by atoms with Crippen LogP contribution in [0.1, 0.15) is 44.0 Å². The second-order valence-corrected chi connectivity index (χ2v) is 9.34. The molecule has 10 nitrogen and oxygen atoms in total. The van der Waals surface area contributed by atoms with Gasteiger partial charge in [-0.05, 0) is 51.5 Å². The van der Waals surface area contributed by atoms with Crippen molar-refractivity contribution >= 4 is 33.6 Å². The number of benzene rings is 1. The number of hydrogen-bond donors (Lipinski definition) is 4. The van der Waals surface area contributed by atoms with Crippen molar-refractivity contribution in [3.63, 3.8) is 0 Å². The number of rotatable bonds is 10. The number of sulfonamides is 1. The minimum absolute atomic E-state index is 0.124. The van der Waals surface area contributed by atoms with Crippen LogP contribution in [0.15, 0.2) is 24.3 Å². The van der Waals surface area contributed by atoms with Crippen LogP contribution in [0.4, 0.5) is 10.5 Å². The first kappa shape index (κ1) is 25.2. The molecule has 0 fully saturated rings. The smallest absolute Gasteiger partial charge is 0.407 e. The minimum Gasteiger partial charge on any atom is -0.444 e. The Labute approximate surface area is 177 Å². The van der Waals surface area contributed by atoms with Crippen LogP contribution in [0.2, 0.25) is 0 Å². The maximum absolute atomic E-state index is 12.1. The fourth-order valence-electron chi connectivity index (χ4n) is 2.20. The molecule has 30 heavy (non-hydrogen) atoms. The standard InChI is InChI=1S/C19H30N4O6S/c1-19(2,3)29-18(26)22-13-10-16(24)20-11-5-12-21-17(25)14-6-8-15(9-7-14)23-30(4,27)28/h6-9,23H,5,10-13H2,1-4H3,(H,20,24)(H,21,25)(H,22,26). The van der Waals surface area contributed by atoms with Crippen molar-refractivity contribution in [1.29, 1.82) is 0 Å². The van der Waals surface area contributed by atoms with Gasteiger partial charge < -0.3 is 20.7 Å². The van der Waals surface area contributed by atoms with Crippen molar-refractivity contribution in [3.05, 3.63) is 29.8 Å². The minimum atomic E-state index is -3.37. The molecular formula is C19H30N4O6S. The monoisotopic (exact) mass is 442 g/mol. The van der Waals surface area contributed by atoms with Gasteiger partial charge in [-0.1, -0.05) is 0 Å². The fourth-order valence-corrected chi connectivity index (χ4v) is 2.77. The molecule has 0 saturated heterocycles. The molecule has 0 aliphatic rings. The third kappa shape index (κ3) is 11.9. The lowest BCUT2D eigenvalue weighted by atomic mass is 10.2. The Kier molecular flexibility index (Phi) is 9.57. The first-order chi connectivity index (χ1) is 13.9. The number of hydrogen-bond acceptors (Lipinski definition) is 6. The molecule has 0 aromatic heterocycles. The molecule has 0 spiro atoms. The van der Waals surface area contributed by atoms with Gasteiger partial charge in [-0.25, -0.2) is 13.2 Å². The molecule has 4 N–H and O–H groups in total. The second-order valence-electron chi connectivity index (χ2n) is 7.59. The highest BCUT2D eigenvalue weighted by atomic mass is 32.2. The van der Waals surface area contributed by atoms with Gasteiger partial charge in [0.1, 0.15) is 5.60 Å². The maximum Gasteiger partial charge on any atom is 0.407 e. The van der Waals surface area contributed by atoms with Gasteiger partial charge in [0.15, 0.2) is 0 Å². The molecule has 1 aromatic carbocycles. The first-order valence-electron chi connectivity index (χ1n) is 9.45. The molecule has 3 amide bonds. The van der Waals surface area contributed by atoms with Crippen LogP contribution in [0.5, 0.6) is 0 Å². The zero-order valence-electron chi connectivity index (χ0n) is 17.7. The second kappa shape index (κ2) is 11.4. The quantitative estimate of drug-likeness (QED) is 0.401. The fraction of sp³-hybridized carbons (Fsp3) is 0.526. The predicted octanol–water partition coefficient (Wildman–Crippen LogP) is 1.21. The molecule has 0 heterocycles. The molecule has 0 aliphatic carbocycles. The van der Waals surface area contributed by atoms with Crippen molar-refractivity contribution in [2.45, 2.75) is 39.2 Å². The zero-order valence-corrected chi connectivity index (χ0v) is 18.5. The Morgan fingerprint density at radius 2 is 1.53 bits per heavy atom. The highest BCUT2D eigenvalue weighted by molar-refractivity contribution is 7.92. The van der Waals surface area contributed by atoms with Crippen LogP contribution in [0.3, 0.4) is 0 Å². The highest BCUT2D eigenvalue weighted by Crippen LogP contribution is 2.10. The van der Waals surface area contributed by atoms with E-state index in [1.165, 1.54) is 24.3 Å². The summed E-state index contributed by atoms with van der Waals surface area (Å²) < 4.78 is 29.7. The first-order valence-corrected chi connectivity index (χ1v) is 11.3. The molecule has 0 atom stereocenters. The van der Waals surface area contributed by atoms with Gasteiger partial charge in [-0.2, -0.15) is 0 Å². The topological polar surface area (TPSA) is 143 Å². The van der Waals surface area contributed by atoms with Crippen LogP contribution >= 0.6 is 0 Å². The highest BCUT2D eigenvalue weighted by Gasteiger charge is 2.15. The van der Waals surface area contributed by atoms with Crippen LogP contribution in [-0.2, 0) is 19.6 Å². The summed E-state index contributed by atoms with van der Waals surface area (Å²) in [7, 11) is -3.37.